The van der Waals surface area contributed by atoms with Crippen molar-refractivity contribution in [1.29, 1.82) is 0 Å². The van der Waals surface area contributed by atoms with Crippen LogP contribution in [0.25, 0.3) is 5.82 Å². The molecule has 2 heterocycles. The first kappa shape index (κ1) is 18.6. The minimum Gasteiger partial charge on any atom is -0.438 e. The van der Waals surface area contributed by atoms with E-state index in [0.717, 1.165) is 5.56 Å². The maximum atomic E-state index is 12.5. The fourth-order valence-electron chi connectivity index (χ4n) is 2.61. The van der Waals surface area contributed by atoms with E-state index in [2.05, 4.69) is 19.9 Å². The van der Waals surface area contributed by atoms with Gasteiger partial charge >= 0.3 is 0 Å². The highest BCUT2D eigenvalue weighted by Gasteiger charge is 2.14. The summed E-state index contributed by atoms with van der Waals surface area (Å²) in [5.41, 5.74) is 1.30. The van der Waals surface area contributed by atoms with E-state index in [-0.39, 0.29) is 4.90 Å². The highest BCUT2D eigenvalue weighted by Crippen LogP contribution is 2.23. The first-order valence-corrected chi connectivity index (χ1v) is 10.2. The van der Waals surface area contributed by atoms with E-state index in [0.29, 0.717) is 23.1 Å². The third-order valence-corrected chi connectivity index (χ3v) is 5.40. The molecule has 29 heavy (non-hydrogen) atoms. The van der Waals surface area contributed by atoms with Gasteiger partial charge in [0, 0.05) is 24.1 Å². The summed E-state index contributed by atoms with van der Waals surface area (Å²) in [6.07, 6.45) is 5.04. The number of rotatable bonds is 6. The quantitative estimate of drug-likeness (QED) is 0.525. The lowest BCUT2D eigenvalue weighted by atomic mass is 10.2. The standard InChI is InChI=1S/C20H17N5O3S/c1-15-3-2-4-18(13-15)29(26,27)24-16-5-7-17(8-6-16)28-20-10-9-19(22-23-20)25-12-11-21-14-25/h2-14,24H,1H3. The molecular weight excluding hydrogens is 390 g/mol. The van der Waals surface area contributed by atoms with Gasteiger partial charge in [-0.15, -0.1) is 10.2 Å². The number of imidazole rings is 1. The van der Waals surface area contributed by atoms with Crippen molar-refractivity contribution >= 4 is 15.7 Å². The Kier molecular flexibility index (Phi) is 4.96. The van der Waals surface area contributed by atoms with Crippen molar-refractivity contribution in [2.24, 2.45) is 0 Å². The summed E-state index contributed by atoms with van der Waals surface area (Å²) in [4.78, 5) is 4.17. The van der Waals surface area contributed by atoms with Gasteiger partial charge in [-0.1, -0.05) is 12.1 Å². The molecule has 0 atom stereocenters. The summed E-state index contributed by atoms with van der Waals surface area (Å²) < 4.78 is 34.9. The summed E-state index contributed by atoms with van der Waals surface area (Å²) in [5, 5.41) is 8.11. The average Bonchev–Trinajstić information content (AvgIpc) is 3.25. The van der Waals surface area contributed by atoms with Gasteiger partial charge in [-0.05, 0) is 55.0 Å². The lowest BCUT2D eigenvalue weighted by molar-refractivity contribution is 0.454. The van der Waals surface area contributed by atoms with Gasteiger partial charge in [0.05, 0.1) is 4.90 Å². The van der Waals surface area contributed by atoms with E-state index >= 15 is 0 Å². The summed E-state index contributed by atoms with van der Waals surface area (Å²) in [6.45, 7) is 1.84. The molecule has 0 bridgehead atoms. The van der Waals surface area contributed by atoms with E-state index in [4.69, 9.17) is 4.74 Å². The van der Waals surface area contributed by atoms with Crippen LogP contribution in [0.2, 0.25) is 0 Å². The number of ether oxygens (including phenoxy) is 1. The van der Waals surface area contributed by atoms with Crippen LogP contribution >= 0.6 is 0 Å². The second kappa shape index (κ2) is 7.72. The molecule has 1 N–H and O–H groups in total. The molecule has 0 saturated heterocycles. The number of sulfonamides is 1. The number of nitrogens with one attached hydrogen (secondary N) is 1. The van der Waals surface area contributed by atoms with E-state index in [1.54, 1.807) is 77.9 Å². The van der Waals surface area contributed by atoms with Crippen LogP contribution in [0.1, 0.15) is 5.56 Å². The second-order valence-corrected chi connectivity index (χ2v) is 7.93. The van der Waals surface area contributed by atoms with Crippen molar-refractivity contribution in [3.05, 3.63) is 84.9 Å². The Labute approximate surface area is 167 Å². The predicted molar refractivity (Wildman–Crippen MR) is 108 cm³/mol. The molecule has 0 aliphatic heterocycles. The largest absolute Gasteiger partial charge is 0.438 e. The third-order valence-electron chi connectivity index (χ3n) is 4.02. The molecule has 146 valence electrons. The zero-order valence-electron chi connectivity index (χ0n) is 15.4. The second-order valence-electron chi connectivity index (χ2n) is 6.25. The zero-order valence-corrected chi connectivity index (χ0v) is 16.2. The summed E-state index contributed by atoms with van der Waals surface area (Å²) in [5.74, 6) is 1.45. The number of hydrogen-bond acceptors (Lipinski definition) is 6. The van der Waals surface area contributed by atoms with Crippen molar-refractivity contribution in [3.63, 3.8) is 0 Å². The molecule has 0 aliphatic rings. The van der Waals surface area contributed by atoms with Crippen LogP contribution in [0, 0.1) is 6.92 Å². The zero-order chi connectivity index (χ0) is 20.3. The summed E-state index contributed by atoms with van der Waals surface area (Å²) in [6, 6.07) is 16.7. The molecule has 0 amide bonds. The number of aryl methyl sites for hydroxylation is 1. The van der Waals surface area contributed by atoms with Crippen LogP contribution in [-0.2, 0) is 10.0 Å². The van der Waals surface area contributed by atoms with Crippen molar-refractivity contribution in [2.75, 3.05) is 4.72 Å². The molecule has 0 saturated carbocycles. The normalized spacial score (nSPS) is 11.2. The Morgan fingerprint density at radius 2 is 1.83 bits per heavy atom. The molecule has 9 heteroatoms. The monoisotopic (exact) mass is 407 g/mol. The molecule has 4 rings (SSSR count). The van der Waals surface area contributed by atoms with Gasteiger partial charge in [-0.25, -0.2) is 13.4 Å². The average molecular weight is 407 g/mol. The molecule has 0 unspecified atom stereocenters. The maximum Gasteiger partial charge on any atom is 0.261 e. The van der Waals surface area contributed by atoms with E-state index < -0.39 is 10.0 Å². The van der Waals surface area contributed by atoms with Crippen molar-refractivity contribution in [2.45, 2.75) is 11.8 Å². The Hall–Kier alpha value is -3.72. The first-order valence-electron chi connectivity index (χ1n) is 8.69. The smallest absolute Gasteiger partial charge is 0.261 e. The summed E-state index contributed by atoms with van der Waals surface area (Å²) >= 11 is 0. The molecular formula is C20H17N5O3S. The van der Waals surface area contributed by atoms with Crippen LogP contribution in [0.5, 0.6) is 11.6 Å². The van der Waals surface area contributed by atoms with Gasteiger partial charge in [0.1, 0.15) is 12.1 Å². The SMILES string of the molecule is Cc1cccc(S(=O)(=O)Nc2ccc(Oc3ccc(-n4ccnc4)nn3)cc2)c1. The Morgan fingerprint density at radius 1 is 1.00 bits per heavy atom. The van der Waals surface area contributed by atoms with Crippen LogP contribution in [-0.4, -0.2) is 28.2 Å². The number of anilines is 1. The number of nitrogens with zero attached hydrogens (tertiary/aromatic N) is 4. The van der Waals surface area contributed by atoms with Crippen LogP contribution < -0.4 is 9.46 Å². The first-order chi connectivity index (χ1) is 14.0. The van der Waals surface area contributed by atoms with E-state index in [9.17, 15) is 8.42 Å². The molecule has 0 fully saturated rings. The van der Waals surface area contributed by atoms with Crippen LogP contribution in [0.3, 0.4) is 0 Å². The molecule has 2 aromatic heterocycles. The van der Waals surface area contributed by atoms with Gasteiger partial charge in [-0.3, -0.25) is 9.29 Å². The van der Waals surface area contributed by atoms with E-state index in [1.807, 2.05) is 13.0 Å². The van der Waals surface area contributed by atoms with Gasteiger partial charge in [0.25, 0.3) is 10.0 Å². The Balaban J connectivity index is 1.44. The minimum atomic E-state index is -3.65. The number of benzene rings is 2. The van der Waals surface area contributed by atoms with Crippen molar-refractivity contribution in [3.8, 4) is 17.4 Å². The van der Waals surface area contributed by atoms with Crippen molar-refractivity contribution in [1.82, 2.24) is 19.7 Å². The fraction of sp³-hybridized carbons (Fsp3) is 0.0500. The lowest BCUT2D eigenvalue weighted by Gasteiger charge is -2.10. The Morgan fingerprint density at radius 3 is 2.48 bits per heavy atom. The molecule has 2 aromatic carbocycles. The van der Waals surface area contributed by atoms with Crippen molar-refractivity contribution < 1.29 is 13.2 Å². The highest BCUT2D eigenvalue weighted by molar-refractivity contribution is 7.92. The van der Waals surface area contributed by atoms with Crippen LogP contribution in [0.4, 0.5) is 5.69 Å². The number of hydrogen-bond donors (Lipinski definition) is 1. The van der Waals surface area contributed by atoms with Gasteiger partial charge in [0.15, 0.2) is 5.82 Å². The third kappa shape index (κ3) is 4.41. The van der Waals surface area contributed by atoms with E-state index in [1.165, 1.54) is 0 Å². The lowest BCUT2D eigenvalue weighted by Crippen LogP contribution is -2.12. The predicted octanol–water partition coefficient (Wildman–Crippen LogP) is 3.56. The topological polar surface area (TPSA) is 99.0 Å². The minimum absolute atomic E-state index is 0.214. The van der Waals surface area contributed by atoms with Gasteiger partial charge < -0.3 is 4.74 Å². The molecule has 0 aliphatic carbocycles. The fourth-order valence-corrected chi connectivity index (χ4v) is 3.77. The molecule has 8 nitrogen and oxygen atoms in total. The Bertz CT molecular complexity index is 1210. The molecule has 0 radical (unpaired) electrons. The molecule has 4 aromatic rings. The maximum absolute atomic E-state index is 12.5. The summed E-state index contributed by atoms with van der Waals surface area (Å²) in [7, 11) is -3.65. The van der Waals surface area contributed by atoms with Gasteiger partial charge in [-0.2, -0.15) is 0 Å². The highest BCUT2D eigenvalue weighted by atomic mass is 32.2. The molecule has 0 spiro atoms. The van der Waals surface area contributed by atoms with Gasteiger partial charge in [0.2, 0.25) is 5.88 Å². The van der Waals surface area contributed by atoms with Crippen LogP contribution in [0.15, 0.2) is 84.3 Å². The number of aromatic nitrogens is 4.